The van der Waals surface area contributed by atoms with E-state index >= 15 is 0 Å². The first-order chi connectivity index (χ1) is 14.1. The third-order valence-corrected chi connectivity index (χ3v) is 6.04. The number of para-hydroxylation sites is 1. The maximum absolute atomic E-state index is 12.2. The van der Waals surface area contributed by atoms with Crippen LogP contribution >= 0.6 is 11.3 Å². The molecule has 1 aliphatic rings. The van der Waals surface area contributed by atoms with Gasteiger partial charge in [0.1, 0.15) is 5.82 Å². The first-order valence-electron chi connectivity index (χ1n) is 10.0. The van der Waals surface area contributed by atoms with Gasteiger partial charge in [-0.2, -0.15) is 0 Å². The molecule has 0 spiro atoms. The highest BCUT2D eigenvalue weighted by Crippen LogP contribution is 2.22. The fourth-order valence-corrected chi connectivity index (χ4v) is 4.58. The number of benzene rings is 1. The van der Waals surface area contributed by atoms with Crippen molar-refractivity contribution in [1.82, 2.24) is 15.3 Å². The van der Waals surface area contributed by atoms with Crippen LogP contribution in [-0.4, -0.2) is 41.2 Å². The summed E-state index contributed by atoms with van der Waals surface area (Å²) in [6.07, 6.45) is 3.35. The van der Waals surface area contributed by atoms with Crippen molar-refractivity contribution in [3.63, 3.8) is 0 Å². The third kappa shape index (κ3) is 5.10. The van der Waals surface area contributed by atoms with E-state index in [9.17, 15) is 4.79 Å². The van der Waals surface area contributed by atoms with Gasteiger partial charge < -0.3 is 15.0 Å². The second kappa shape index (κ2) is 8.88. The molecule has 1 fully saturated rings. The Labute approximate surface area is 174 Å². The first-order valence-corrected chi connectivity index (χ1v) is 10.8. The van der Waals surface area contributed by atoms with Crippen LogP contribution in [0.15, 0.2) is 42.6 Å². The number of nitrogens with zero attached hydrogens (tertiary/aromatic N) is 3. The van der Waals surface area contributed by atoms with E-state index in [2.05, 4.69) is 40.1 Å². The summed E-state index contributed by atoms with van der Waals surface area (Å²) in [6.45, 7) is 6.35. The molecule has 2 aromatic heterocycles. The number of fused-ring (bicyclic) bond motifs is 1. The lowest BCUT2D eigenvalue weighted by Crippen LogP contribution is -2.45. The van der Waals surface area contributed by atoms with Gasteiger partial charge in [0.25, 0.3) is 0 Å². The molecule has 0 radical (unpaired) electrons. The lowest BCUT2D eigenvalue weighted by molar-refractivity contribution is -0.121. The molecule has 1 aromatic carbocycles. The number of nitrogens with one attached hydrogen (secondary N) is 1. The molecular formula is C22H26N4O2S. The van der Waals surface area contributed by atoms with E-state index < -0.39 is 0 Å². The van der Waals surface area contributed by atoms with Gasteiger partial charge in [0.15, 0.2) is 0 Å². The highest BCUT2D eigenvalue weighted by atomic mass is 32.1. The minimum atomic E-state index is 0.0316. The fourth-order valence-electron chi connectivity index (χ4n) is 3.61. The number of carbonyl (C=O) groups is 1. The molecule has 1 aliphatic heterocycles. The summed E-state index contributed by atoms with van der Waals surface area (Å²) >= 11 is 1.65. The molecular weight excluding hydrogens is 384 g/mol. The number of ether oxygens (including phenoxy) is 1. The van der Waals surface area contributed by atoms with E-state index in [0.717, 1.165) is 39.7 Å². The molecule has 2 atom stereocenters. The molecule has 29 heavy (non-hydrogen) atoms. The van der Waals surface area contributed by atoms with Crippen LogP contribution < -0.4 is 10.2 Å². The smallest absolute Gasteiger partial charge is 0.220 e. The predicted octanol–water partition coefficient (Wildman–Crippen LogP) is 3.55. The molecule has 3 heterocycles. The molecule has 1 saturated heterocycles. The van der Waals surface area contributed by atoms with Crippen LogP contribution in [0, 0.1) is 0 Å². The van der Waals surface area contributed by atoms with Crippen LogP contribution in [0.2, 0.25) is 0 Å². The van der Waals surface area contributed by atoms with Crippen LogP contribution in [0.1, 0.15) is 30.8 Å². The number of carbonyl (C=O) groups excluding carboxylic acids is 1. The summed E-state index contributed by atoms with van der Waals surface area (Å²) in [4.78, 5) is 23.6. The molecule has 7 heteroatoms. The molecule has 1 amide bonds. The van der Waals surface area contributed by atoms with Crippen molar-refractivity contribution < 1.29 is 9.53 Å². The van der Waals surface area contributed by atoms with E-state index in [-0.39, 0.29) is 18.1 Å². The van der Waals surface area contributed by atoms with Crippen molar-refractivity contribution in [2.45, 2.75) is 45.4 Å². The first kappa shape index (κ1) is 19.8. The average molecular weight is 411 g/mol. The Bertz CT molecular complexity index is 929. The Balaban J connectivity index is 1.25. The van der Waals surface area contributed by atoms with Gasteiger partial charge in [-0.25, -0.2) is 9.97 Å². The Morgan fingerprint density at radius 2 is 2.00 bits per heavy atom. The standard InChI is InChI=1S/C22H26N4O2S/c1-15-13-26(14-16(2)28-15)20-8-7-17(11-23-20)12-24-21(27)9-10-22-25-18-5-3-4-6-19(18)29-22/h3-8,11,15-16H,9-10,12-14H2,1-2H3,(H,24,27). The van der Waals surface area contributed by atoms with Crippen LogP contribution in [0.4, 0.5) is 5.82 Å². The van der Waals surface area contributed by atoms with Gasteiger partial charge in [-0.1, -0.05) is 18.2 Å². The maximum Gasteiger partial charge on any atom is 0.220 e. The summed E-state index contributed by atoms with van der Waals surface area (Å²) in [5.41, 5.74) is 2.00. The Morgan fingerprint density at radius 3 is 2.72 bits per heavy atom. The molecule has 152 valence electrons. The van der Waals surface area contributed by atoms with Gasteiger partial charge in [0, 0.05) is 38.7 Å². The maximum atomic E-state index is 12.2. The number of aryl methyl sites for hydroxylation is 1. The van der Waals surface area contributed by atoms with Crippen molar-refractivity contribution >= 4 is 33.3 Å². The summed E-state index contributed by atoms with van der Waals surface area (Å²) in [5, 5.41) is 3.98. The zero-order chi connectivity index (χ0) is 20.2. The number of anilines is 1. The predicted molar refractivity (Wildman–Crippen MR) is 116 cm³/mol. The molecule has 1 N–H and O–H groups in total. The molecule has 0 aliphatic carbocycles. The molecule has 4 rings (SSSR count). The number of pyridine rings is 1. The molecule has 2 unspecified atom stereocenters. The second-order valence-corrected chi connectivity index (χ2v) is 8.65. The number of thiazole rings is 1. The van der Waals surface area contributed by atoms with Crippen molar-refractivity contribution in [2.75, 3.05) is 18.0 Å². The van der Waals surface area contributed by atoms with Gasteiger partial charge in [-0.05, 0) is 37.6 Å². The number of amides is 1. The minimum Gasteiger partial charge on any atom is -0.372 e. The lowest BCUT2D eigenvalue weighted by Gasteiger charge is -2.36. The van der Waals surface area contributed by atoms with Gasteiger partial charge in [0.2, 0.25) is 5.91 Å². The van der Waals surface area contributed by atoms with Crippen LogP contribution in [0.5, 0.6) is 0 Å². The highest BCUT2D eigenvalue weighted by molar-refractivity contribution is 7.18. The number of morpholine rings is 1. The Morgan fingerprint density at radius 1 is 1.21 bits per heavy atom. The van der Waals surface area contributed by atoms with Crippen molar-refractivity contribution in [2.24, 2.45) is 0 Å². The van der Waals surface area contributed by atoms with Gasteiger partial charge in [-0.15, -0.1) is 11.3 Å². The summed E-state index contributed by atoms with van der Waals surface area (Å²) in [5.74, 6) is 0.988. The van der Waals surface area contributed by atoms with Crippen LogP contribution in [0.25, 0.3) is 10.2 Å². The van der Waals surface area contributed by atoms with Crippen molar-refractivity contribution in [3.8, 4) is 0 Å². The average Bonchev–Trinajstić information content (AvgIpc) is 3.13. The Hall–Kier alpha value is -2.51. The van der Waals surface area contributed by atoms with Gasteiger partial charge in [-0.3, -0.25) is 4.79 Å². The van der Waals surface area contributed by atoms with E-state index in [1.54, 1.807) is 11.3 Å². The fraction of sp³-hybridized carbons (Fsp3) is 0.409. The number of aromatic nitrogens is 2. The van der Waals surface area contributed by atoms with E-state index in [4.69, 9.17) is 4.74 Å². The minimum absolute atomic E-state index is 0.0316. The zero-order valence-corrected chi connectivity index (χ0v) is 17.6. The summed E-state index contributed by atoms with van der Waals surface area (Å²) in [7, 11) is 0. The van der Waals surface area contributed by atoms with Gasteiger partial charge in [0.05, 0.1) is 27.4 Å². The molecule has 3 aromatic rings. The normalized spacial score (nSPS) is 19.4. The number of rotatable bonds is 6. The third-order valence-electron chi connectivity index (χ3n) is 4.95. The quantitative estimate of drug-likeness (QED) is 0.673. The molecule has 0 bridgehead atoms. The largest absolute Gasteiger partial charge is 0.372 e. The molecule has 0 saturated carbocycles. The number of hydrogen-bond acceptors (Lipinski definition) is 6. The van der Waals surface area contributed by atoms with E-state index in [0.29, 0.717) is 19.4 Å². The van der Waals surface area contributed by atoms with Crippen LogP contribution in [-0.2, 0) is 22.5 Å². The summed E-state index contributed by atoms with van der Waals surface area (Å²) in [6, 6.07) is 12.1. The van der Waals surface area contributed by atoms with Crippen molar-refractivity contribution in [3.05, 3.63) is 53.2 Å². The van der Waals surface area contributed by atoms with Crippen molar-refractivity contribution in [1.29, 1.82) is 0 Å². The number of hydrogen-bond donors (Lipinski definition) is 1. The summed E-state index contributed by atoms with van der Waals surface area (Å²) < 4.78 is 6.94. The van der Waals surface area contributed by atoms with Crippen LogP contribution in [0.3, 0.4) is 0 Å². The lowest BCUT2D eigenvalue weighted by atomic mass is 10.2. The Kier molecular flexibility index (Phi) is 6.06. The second-order valence-electron chi connectivity index (χ2n) is 7.54. The van der Waals surface area contributed by atoms with E-state index in [1.165, 1.54) is 0 Å². The molecule has 6 nitrogen and oxygen atoms in total. The topological polar surface area (TPSA) is 67.4 Å². The highest BCUT2D eigenvalue weighted by Gasteiger charge is 2.22. The van der Waals surface area contributed by atoms with E-state index in [1.807, 2.05) is 36.5 Å². The van der Waals surface area contributed by atoms with Gasteiger partial charge >= 0.3 is 0 Å². The monoisotopic (exact) mass is 410 g/mol. The SMILES string of the molecule is CC1CN(c2ccc(CNC(=O)CCc3nc4ccccc4s3)cn2)CC(C)O1. The zero-order valence-electron chi connectivity index (χ0n) is 16.8.